The molecule has 1 aliphatic carbocycles. The molecule has 2 amide bonds. The molecule has 0 radical (unpaired) electrons. The van der Waals surface area contributed by atoms with Gasteiger partial charge < -0.3 is 0 Å². The summed E-state index contributed by atoms with van der Waals surface area (Å²) >= 11 is 0. The van der Waals surface area contributed by atoms with Gasteiger partial charge in [-0.15, -0.1) is 0 Å². The van der Waals surface area contributed by atoms with Crippen molar-refractivity contribution in [3.8, 4) is 0 Å². The van der Waals surface area contributed by atoms with Gasteiger partial charge in [0, 0.05) is 5.56 Å². The number of nitrogens with one attached hydrogen (secondary N) is 1. The van der Waals surface area contributed by atoms with Crippen molar-refractivity contribution >= 4 is 11.8 Å². The van der Waals surface area contributed by atoms with Crippen molar-refractivity contribution in [1.29, 1.82) is 0 Å². The van der Waals surface area contributed by atoms with Gasteiger partial charge in [0.25, 0.3) is 5.91 Å². The fraction of sp³-hybridized carbons (Fsp3) is 0.429. The minimum absolute atomic E-state index is 0.189. The SMILES string of the molecule is O=C1Cc2cc(C3CCCC3)ccc2C(=O)N1. The maximum absolute atomic E-state index is 11.6. The molecule has 1 aromatic carbocycles. The van der Waals surface area contributed by atoms with E-state index >= 15 is 0 Å². The van der Waals surface area contributed by atoms with E-state index in [4.69, 9.17) is 0 Å². The molecule has 0 atom stereocenters. The van der Waals surface area contributed by atoms with Crippen LogP contribution in [-0.4, -0.2) is 11.8 Å². The average molecular weight is 229 g/mol. The van der Waals surface area contributed by atoms with Crippen LogP contribution in [0.3, 0.4) is 0 Å². The molecule has 1 aromatic rings. The van der Waals surface area contributed by atoms with E-state index in [1.165, 1.54) is 31.2 Å². The summed E-state index contributed by atoms with van der Waals surface area (Å²) in [5, 5.41) is 2.35. The molecule has 0 saturated heterocycles. The number of carbonyl (C=O) groups is 2. The van der Waals surface area contributed by atoms with Gasteiger partial charge in [0.05, 0.1) is 6.42 Å². The van der Waals surface area contributed by atoms with E-state index < -0.39 is 0 Å². The van der Waals surface area contributed by atoms with Gasteiger partial charge in [0.2, 0.25) is 5.91 Å². The first-order valence-electron chi connectivity index (χ1n) is 6.21. The smallest absolute Gasteiger partial charge is 0.258 e. The summed E-state index contributed by atoms with van der Waals surface area (Å²) in [4.78, 5) is 22.9. The molecule has 3 nitrogen and oxygen atoms in total. The first-order chi connectivity index (χ1) is 8.24. The van der Waals surface area contributed by atoms with E-state index in [1.54, 1.807) is 0 Å². The normalized spacial score (nSPS) is 20.2. The Morgan fingerprint density at radius 1 is 1.12 bits per heavy atom. The third-order valence-electron chi connectivity index (χ3n) is 3.80. The molecule has 0 spiro atoms. The lowest BCUT2D eigenvalue weighted by Crippen LogP contribution is -2.37. The van der Waals surface area contributed by atoms with Crippen LogP contribution < -0.4 is 5.32 Å². The summed E-state index contributed by atoms with van der Waals surface area (Å²) in [5.41, 5.74) is 2.85. The number of benzene rings is 1. The third-order valence-corrected chi connectivity index (χ3v) is 3.80. The van der Waals surface area contributed by atoms with E-state index in [0.717, 1.165) is 5.56 Å². The van der Waals surface area contributed by atoms with Gasteiger partial charge in [-0.3, -0.25) is 14.9 Å². The molecule has 3 rings (SSSR count). The van der Waals surface area contributed by atoms with Gasteiger partial charge >= 0.3 is 0 Å². The molecule has 1 N–H and O–H groups in total. The Balaban J connectivity index is 1.97. The molecule has 1 saturated carbocycles. The van der Waals surface area contributed by atoms with Crippen molar-refractivity contribution in [2.45, 2.75) is 38.0 Å². The lowest BCUT2D eigenvalue weighted by atomic mass is 9.91. The van der Waals surface area contributed by atoms with Crippen molar-refractivity contribution in [1.82, 2.24) is 5.32 Å². The second-order valence-electron chi connectivity index (χ2n) is 4.95. The molecule has 17 heavy (non-hydrogen) atoms. The minimum atomic E-state index is -0.255. The Kier molecular flexibility index (Phi) is 2.46. The lowest BCUT2D eigenvalue weighted by molar-refractivity contribution is -0.119. The number of amides is 2. The van der Waals surface area contributed by atoms with Crippen molar-refractivity contribution in [3.63, 3.8) is 0 Å². The largest absolute Gasteiger partial charge is 0.292 e. The highest BCUT2D eigenvalue weighted by Crippen LogP contribution is 2.35. The van der Waals surface area contributed by atoms with Gasteiger partial charge in [-0.25, -0.2) is 0 Å². The summed E-state index contributed by atoms with van der Waals surface area (Å²) in [5.74, 6) is 0.181. The minimum Gasteiger partial charge on any atom is -0.292 e. The number of hydrogen-bond acceptors (Lipinski definition) is 2. The van der Waals surface area contributed by atoms with Gasteiger partial charge in [-0.05, 0) is 36.0 Å². The zero-order chi connectivity index (χ0) is 11.8. The first-order valence-corrected chi connectivity index (χ1v) is 6.21. The van der Waals surface area contributed by atoms with Gasteiger partial charge in [-0.2, -0.15) is 0 Å². The van der Waals surface area contributed by atoms with Crippen molar-refractivity contribution in [2.24, 2.45) is 0 Å². The summed E-state index contributed by atoms with van der Waals surface area (Å²) in [6, 6.07) is 5.97. The number of rotatable bonds is 1. The average Bonchev–Trinajstić information content (AvgIpc) is 2.81. The monoisotopic (exact) mass is 229 g/mol. The molecule has 1 aliphatic heterocycles. The highest BCUT2D eigenvalue weighted by atomic mass is 16.2. The van der Waals surface area contributed by atoms with Crippen molar-refractivity contribution in [3.05, 3.63) is 34.9 Å². The highest BCUT2D eigenvalue weighted by molar-refractivity contribution is 6.09. The highest BCUT2D eigenvalue weighted by Gasteiger charge is 2.24. The Morgan fingerprint density at radius 3 is 2.65 bits per heavy atom. The molecule has 2 aliphatic rings. The summed E-state index contributed by atoms with van der Waals surface area (Å²) < 4.78 is 0. The number of fused-ring (bicyclic) bond motifs is 1. The predicted octanol–water partition coefficient (Wildman–Crippen LogP) is 2.16. The summed E-state index contributed by atoms with van der Waals surface area (Å²) in [6.45, 7) is 0. The van der Waals surface area contributed by atoms with Crippen LogP contribution in [0.2, 0.25) is 0 Å². The van der Waals surface area contributed by atoms with E-state index in [2.05, 4.69) is 11.4 Å². The van der Waals surface area contributed by atoms with E-state index in [1.807, 2.05) is 12.1 Å². The Labute approximate surface area is 100 Å². The van der Waals surface area contributed by atoms with E-state index in [0.29, 0.717) is 17.9 Å². The molecule has 1 heterocycles. The number of carbonyl (C=O) groups excluding carboxylic acids is 2. The van der Waals surface area contributed by atoms with Crippen LogP contribution in [0.1, 0.15) is 53.1 Å². The third kappa shape index (κ3) is 1.86. The number of hydrogen-bond donors (Lipinski definition) is 1. The van der Waals surface area contributed by atoms with E-state index in [-0.39, 0.29) is 11.8 Å². The summed E-state index contributed by atoms with van der Waals surface area (Å²) in [6.07, 6.45) is 5.39. The van der Waals surface area contributed by atoms with Crippen LogP contribution in [0.5, 0.6) is 0 Å². The lowest BCUT2D eigenvalue weighted by Gasteiger charge is -2.18. The Bertz CT molecular complexity index is 487. The van der Waals surface area contributed by atoms with Crippen LogP contribution in [0.4, 0.5) is 0 Å². The van der Waals surface area contributed by atoms with Gasteiger partial charge in [0.15, 0.2) is 0 Å². The standard InChI is InChI=1S/C14H15NO2/c16-13-8-11-7-10(9-3-1-2-4-9)5-6-12(11)14(17)15-13/h5-7,9H,1-4,8H2,(H,15,16,17). The molecule has 0 aromatic heterocycles. The first kappa shape index (κ1) is 10.5. The van der Waals surface area contributed by atoms with Crippen LogP contribution >= 0.6 is 0 Å². The molecule has 0 unspecified atom stereocenters. The Hall–Kier alpha value is -1.64. The summed E-state index contributed by atoms with van der Waals surface area (Å²) in [7, 11) is 0. The number of imide groups is 1. The van der Waals surface area contributed by atoms with Crippen LogP contribution in [-0.2, 0) is 11.2 Å². The quantitative estimate of drug-likeness (QED) is 0.750. The predicted molar refractivity (Wildman–Crippen MR) is 63.8 cm³/mol. The van der Waals surface area contributed by atoms with Crippen LogP contribution in [0.25, 0.3) is 0 Å². The van der Waals surface area contributed by atoms with Crippen LogP contribution in [0.15, 0.2) is 18.2 Å². The molecule has 88 valence electrons. The second-order valence-corrected chi connectivity index (χ2v) is 4.95. The molecule has 0 bridgehead atoms. The molecular formula is C14H15NO2. The topological polar surface area (TPSA) is 46.2 Å². The fourth-order valence-corrected chi connectivity index (χ4v) is 2.91. The van der Waals surface area contributed by atoms with Crippen molar-refractivity contribution < 1.29 is 9.59 Å². The van der Waals surface area contributed by atoms with Gasteiger partial charge in [0.1, 0.15) is 0 Å². The van der Waals surface area contributed by atoms with Crippen LogP contribution in [0, 0.1) is 0 Å². The molecule has 1 fully saturated rings. The van der Waals surface area contributed by atoms with Gasteiger partial charge in [-0.1, -0.05) is 25.0 Å². The fourth-order valence-electron chi connectivity index (χ4n) is 2.91. The van der Waals surface area contributed by atoms with E-state index in [9.17, 15) is 9.59 Å². The molecule has 3 heteroatoms. The zero-order valence-electron chi connectivity index (χ0n) is 9.66. The van der Waals surface area contributed by atoms with Crippen molar-refractivity contribution in [2.75, 3.05) is 0 Å². The molecular weight excluding hydrogens is 214 g/mol. The maximum Gasteiger partial charge on any atom is 0.258 e. The second kappa shape index (κ2) is 3.99. The maximum atomic E-state index is 11.6. The Morgan fingerprint density at radius 2 is 1.88 bits per heavy atom. The zero-order valence-corrected chi connectivity index (χ0v) is 9.66.